The molecule has 0 saturated heterocycles. The average Bonchev–Trinajstić information content (AvgIpc) is 3.32. The van der Waals surface area contributed by atoms with E-state index in [9.17, 15) is 14.4 Å². The lowest BCUT2D eigenvalue weighted by molar-refractivity contribution is 0.0734. The molecule has 0 bridgehead atoms. The summed E-state index contributed by atoms with van der Waals surface area (Å²) in [7, 11) is 1.56. The molecular formula is C23H14N2O5S. The predicted molar refractivity (Wildman–Crippen MR) is 115 cm³/mol. The third kappa shape index (κ3) is 3.23. The van der Waals surface area contributed by atoms with Crippen LogP contribution in [0.4, 0.5) is 5.13 Å². The van der Waals surface area contributed by atoms with E-state index >= 15 is 0 Å². The van der Waals surface area contributed by atoms with Crippen LogP contribution >= 0.6 is 11.3 Å². The monoisotopic (exact) mass is 430 g/mol. The smallest absolute Gasteiger partial charge is 0.343 e. The maximum atomic E-state index is 12.7. The standard InChI is InChI=1S/C23H14N2O5S/c1-29-14-7-9-15(10-8-14)30-22(28)13-6-11-18-19(12-13)31-23(24-18)25-20(26)16-4-2-3-5-17(16)21(25)27/h2-12H,1H3. The first-order valence-corrected chi connectivity index (χ1v) is 10.1. The highest BCUT2D eigenvalue weighted by Gasteiger charge is 2.38. The van der Waals surface area contributed by atoms with Crippen LogP contribution in [0.15, 0.2) is 66.7 Å². The molecule has 0 saturated carbocycles. The van der Waals surface area contributed by atoms with Crippen LogP contribution in [0.1, 0.15) is 31.1 Å². The third-order valence-electron chi connectivity index (χ3n) is 4.87. The molecule has 7 nitrogen and oxygen atoms in total. The number of hydrogen-bond donors (Lipinski definition) is 0. The first-order chi connectivity index (χ1) is 15.0. The first kappa shape index (κ1) is 19.0. The van der Waals surface area contributed by atoms with E-state index in [1.165, 1.54) is 0 Å². The summed E-state index contributed by atoms with van der Waals surface area (Å²) in [5, 5.41) is 0.266. The van der Waals surface area contributed by atoms with Crippen molar-refractivity contribution in [3.63, 3.8) is 0 Å². The van der Waals surface area contributed by atoms with Gasteiger partial charge in [0.25, 0.3) is 11.8 Å². The Bertz CT molecular complexity index is 1330. The zero-order chi connectivity index (χ0) is 21.5. The predicted octanol–water partition coefficient (Wildman–Crippen LogP) is 4.32. The van der Waals surface area contributed by atoms with E-state index in [2.05, 4.69) is 4.98 Å². The van der Waals surface area contributed by atoms with E-state index in [1.807, 2.05) is 0 Å². The second kappa shape index (κ2) is 7.33. The minimum Gasteiger partial charge on any atom is -0.497 e. The summed E-state index contributed by atoms with van der Waals surface area (Å²) in [6, 6.07) is 18.3. The topological polar surface area (TPSA) is 85.8 Å². The lowest BCUT2D eigenvalue weighted by Crippen LogP contribution is -2.29. The van der Waals surface area contributed by atoms with Crippen molar-refractivity contribution in [2.75, 3.05) is 12.0 Å². The van der Waals surface area contributed by atoms with Crippen LogP contribution in [-0.4, -0.2) is 29.9 Å². The molecule has 0 spiro atoms. The molecule has 5 rings (SSSR count). The lowest BCUT2D eigenvalue weighted by atomic mass is 10.1. The second-order valence-corrected chi connectivity index (χ2v) is 7.74. The molecule has 1 aliphatic heterocycles. The molecule has 8 heteroatoms. The van der Waals surface area contributed by atoms with Crippen LogP contribution in [-0.2, 0) is 0 Å². The van der Waals surface area contributed by atoms with Gasteiger partial charge in [-0.05, 0) is 54.6 Å². The average molecular weight is 430 g/mol. The van der Waals surface area contributed by atoms with Crippen LogP contribution in [0.2, 0.25) is 0 Å². The van der Waals surface area contributed by atoms with Gasteiger partial charge < -0.3 is 9.47 Å². The molecule has 0 unspecified atom stereocenters. The fourth-order valence-corrected chi connectivity index (χ4v) is 4.31. The molecule has 1 aromatic heterocycles. The van der Waals surface area contributed by atoms with E-state index in [1.54, 1.807) is 73.8 Å². The molecule has 0 radical (unpaired) electrons. The SMILES string of the molecule is COc1ccc(OC(=O)c2ccc3nc(N4C(=O)c5ccccc5C4=O)sc3c2)cc1. The van der Waals surface area contributed by atoms with Crippen molar-refractivity contribution in [1.82, 2.24) is 4.98 Å². The van der Waals surface area contributed by atoms with E-state index in [0.29, 0.717) is 38.4 Å². The van der Waals surface area contributed by atoms with Crippen LogP contribution in [0.3, 0.4) is 0 Å². The van der Waals surface area contributed by atoms with Crippen molar-refractivity contribution in [3.8, 4) is 11.5 Å². The fraction of sp³-hybridized carbons (Fsp3) is 0.0435. The molecule has 2 heterocycles. The first-order valence-electron chi connectivity index (χ1n) is 9.30. The summed E-state index contributed by atoms with van der Waals surface area (Å²) in [4.78, 5) is 43.4. The largest absolute Gasteiger partial charge is 0.497 e. The molecule has 0 aliphatic carbocycles. The summed E-state index contributed by atoms with van der Waals surface area (Å²) in [6.07, 6.45) is 0. The number of rotatable bonds is 4. The Hall–Kier alpha value is -4.04. The lowest BCUT2D eigenvalue weighted by Gasteiger charge is -2.08. The van der Waals surface area contributed by atoms with Crippen molar-refractivity contribution in [2.45, 2.75) is 0 Å². The molecule has 0 atom stereocenters. The van der Waals surface area contributed by atoms with E-state index in [0.717, 1.165) is 16.2 Å². The number of benzene rings is 3. The van der Waals surface area contributed by atoms with Crippen molar-refractivity contribution in [1.29, 1.82) is 0 Å². The molecule has 0 N–H and O–H groups in total. The number of nitrogens with zero attached hydrogens (tertiary/aromatic N) is 2. The Morgan fingerprint density at radius 2 is 1.55 bits per heavy atom. The van der Waals surface area contributed by atoms with Crippen LogP contribution < -0.4 is 14.4 Å². The number of ether oxygens (including phenoxy) is 2. The molecule has 31 heavy (non-hydrogen) atoms. The zero-order valence-electron chi connectivity index (χ0n) is 16.2. The molecule has 1 aliphatic rings. The summed E-state index contributed by atoms with van der Waals surface area (Å²) >= 11 is 1.16. The van der Waals surface area contributed by atoms with Gasteiger partial charge in [-0.2, -0.15) is 0 Å². The number of methoxy groups -OCH3 is 1. The maximum absolute atomic E-state index is 12.7. The Kier molecular flexibility index (Phi) is 4.48. The minimum absolute atomic E-state index is 0.266. The van der Waals surface area contributed by atoms with E-state index in [4.69, 9.17) is 9.47 Å². The van der Waals surface area contributed by atoms with Gasteiger partial charge in [0, 0.05) is 0 Å². The fourth-order valence-electron chi connectivity index (χ4n) is 3.31. The number of fused-ring (bicyclic) bond motifs is 2. The number of aromatic nitrogens is 1. The number of hydrogen-bond acceptors (Lipinski definition) is 7. The summed E-state index contributed by atoms with van der Waals surface area (Å²) in [5.41, 5.74) is 1.63. The second-order valence-electron chi connectivity index (χ2n) is 6.74. The number of carbonyl (C=O) groups excluding carboxylic acids is 3. The number of amides is 2. The van der Waals surface area contributed by atoms with Gasteiger partial charge in [0.05, 0.1) is 34.0 Å². The molecular weight excluding hydrogens is 416 g/mol. The maximum Gasteiger partial charge on any atom is 0.343 e. The molecule has 2 amide bonds. The molecule has 0 fully saturated rings. The summed E-state index contributed by atoms with van der Waals surface area (Å²) < 4.78 is 11.2. The van der Waals surface area contributed by atoms with Crippen LogP contribution in [0.25, 0.3) is 10.2 Å². The minimum atomic E-state index is -0.525. The van der Waals surface area contributed by atoms with Gasteiger partial charge in [-0.25, -0.2) is 14.7 Å². The Morgan fingerprint density at radius 1 is 0.903 bits per heavy atom. The van der Waals surface area contributed by atoms with Crippen molar-refractivity contribution in [2.24, 2.45) is 0 Å². The number of esters is 1. The van der Waals surface area contributed by atoms with E-state index in [-0.39, 0.29) is 5.13 Å². The number of thiazole rings is 1. The van der Waals surface area contributed by atoms with Crippen molar-refractivity contribution >= 4 is 44.5 Å². The number of carbonyl (C=O) groups is 3. The highest BCUT2D eigenvalue weighted by atomic mass is 32.1. The normalized spacial score (nSPS) is 12.9. The molecule has 4 aromatic rings. The number of imide groups is 1. The van der Waals surface area contributed by atoms with Gasteiger partial charge in [0.2, 0.25) is 5.13 Å². The van der Waals surface area contributed by atoms with Gasteiger partial charge in [-0.1, -0.05) is 23.5 Å². The number of anilines is 1. The highest BCUT2D eigenvalue weighted by Crippen LogP contribution is 2.34. The molecule has 152 valence electrons. The quantitative estimate of drug-likeness (QED) is 0.272. The van der Waals surface area contributed by atoms with Crippen molar-refractivity contribution < 1.29 is 23.9 Å². The van der Waals surface area contributed by atoms with Crippen LogP contribution in [0.5, 0.6) is 11.5 Å². The van der Waals surface area contributed by atoms with Gasteiger partial charge in [0.1, 0.15) is 11.5 Å². The highest BCUT2D eigenvalue weighted by molar-refractivity contribution is 7.22. The Morgan fingerprint density at radius 3 is 2.19 bits per heavy atom. The third-order valence-corrected chi connectivity index (χ3v) is 5.87. The molecule has 3 aromatic carbocycles. The Labute approximate surface area is 180 Å². The zero-order valence-corrected chi connectivity index (χ0v) is 17.0. The van der Waals surface area contributed by atoms with Crippen LogP contribution in [0, 0.1) is 0 Å². The van der Waals surface area contributed by atoms with Gasteiger partial charge in [-0.15, -0.1) is 0 Å². The van der Waals surface area contributed by atoms with E-state index < -0.39 is 17.8 Å². The van der Waals surface area contributed by atoms with Crippen molar-refractivity contribution in [3.05, 3.63) is 83.4 Å². The van der Waals surface area contributed by atoms with Gasteiger partial charge >= 0.3 is 5.97 Å². The van der Waals surface area contributed by atoms with Gasteiger partial charge in [0.15, 0.2) is 0 Å². The Balaban J connectivity index is 1.42. The van der Waals surface area contributed by atoms with Gasteiger partial charge in [-0.3, -0.25) is 9.59 Å². The summed E-state index contributed by atoms with van der Waals surface area (Å²) in [6.45, 7) is 0. The summed E-state index contributed by atoms with van der Waals surface area (Å²) in [5.74, 6) is -0.284.